The molecule has 0 spiro atoms. The first kappa shape index (κ1) is 15.6. The first-order chi connectivity index (χ1) is 9.18. The van der Waals surface area contributed by atoms with Gasteiger partial charge in [0.1, 0.15) is 0 Å². The number of hydrogen-bond donors (Lipinski definition) is 1. The second-order valence-corrected chi connectivity index (χ2v) is 5.02. The van der Waals surface area contributed by atoms with Gasteiger partial charge in [-0.2, -0.15) is 0 Å². The fraction of sp³-hybridized carbons (Fsp3) is 0.667. The molecule has 0 atom stereocenters. The Morgan fingerprint density at radius 2 is 1.63 bits per heavy atom. The number of aromatic nitrogens is 2. The van der Waals surface area contributed by atoms with E-state index in [0.29, 0.717) is 6.42 Å². The molecule has 0 aromatic carbocycles. The van der Waals surface area contributed by atoms with Crippen molar-refractivity contribution in [1.82, 2.24) is 9.97 Å². The van der Waals surface area contributed by atoms with Gasteiger partial charge >= 0.3 is 5.97 Å². The molecule has 1 rings (SSSR count). The van der Waals surface area contributed by atoms with Gasteiger partial charge in [-0.15, -0.1) is 0 Å². The summed E-state index contributed by atoms with van der Waals surface area (Å²) in [7, 11) is 0. The standard InChI is InChI=1S/C15H24N2O2/c1-13-11-17-14(12-16-13)9-7-5-3-2-4-6-8-10-15(18)19/h11-12H,2-10H2,1H3,(H,18,19). The molecular formula is C15H24N2O2. The van der Waals surface area contributed by atoms with Crippen molar-refractivity contribution < 1.29 is 9.90 Å². The van der Waals surface area contributed by atoms with E-state index in [9.17, 15) is 4.79 Å². The summed E-state index contributed by atoms with van der Waals surface area (Å²) in [6, 6.07) is 0. The molecule has 19 heavy (non-hydrogen) atoms. The predicted molar refractivity (Wildman–Crippen MR) is 75.0 cm³/mol. The third-order valence-electron chi connectivity index (χ3n) is 3.16. The van der Waals surface area contributed by atoms with Crippen molar-refractivity contribution in [2.24, 2.45) is 0 Å². The monoisotopic (exact) mass is 264 g/mol. The van der Waals surface area contributed by atoms with Crippen molar-refractivity contribution >= 4 is 5.97 Å². The van der Waals surface area contributed by atoms with Gasteiger partial charge in [-0.25, -0.2) is 0 Å². The number of unbranched alkanes of at least 4 members (excludes halogenated alkanes) is 6. The number of nitrogens with zero attached hydrogens (tertiary/aromatic N) is 2. The topological polar surface area (TPSA) is 63.1 Å². The van der Waals surface area contributed by atoms with E-state index >= 15 is 0 Å². The summed E-state index contributed by atoms with van der Waals surface area (Å²) < 4.78 is 0. The van der Waals surface area contributed by atoms with Gasteiger partial charge in [-0.05, 0) is 26.2 Å². The summed E-state index contributed by atoms with van der Waals surface area (Å²) in [6.07, 6.45) is 12.8. The van der Waals surface area contributed by atoms with Gasteiger partial charge in [0.05, 0.1) is 11.4 Å². The molecule has 0 bridgehead atoms. The van der Waals surface area contributed by atoms with E-state index in [1.807, 2.05) is 19.3 Å². The Balaban J connectivity index is 1.91. The number of carbonyl (C=O) groups is 1. The van der Waals surface area contributed by atoms with Crippen LogP contribution in [0.25, 0.3) is 0 Å². The van der Waals surface area contributed by atoms with E-state index in [1.165, 1.54) is 19.3 Å². The van der Waals surface area contributed by atoms with Crippen LogP contribution in [0.2, 0.25) is 0 Å². The summed E-state index contributed by atoms with van der Waals surface area (Å²) in [5, 5.41) is 8.50. The molecule has 1 aromatic rings. The maximum Gasteiger partial charge on any atom is 0.303 e. The molecule has 0 radical (unpaired) electrons. The van der Waals surface area contributed by atoms with Crippen LogP contribution in [0.15, 0.2) is 12.4 Å². The highest BCUT2D eigenvalue weighted by Crippen LogP contribution is 2.10. The minimum absolute atomic E-state index is 0.312. The van der Waals surface area contributed by atoms with Gasteiger partial charge in [0.2, 0.25) is 0 Å². The largest absolute Gasteiger partial charge is 0.481 e. The third kappa shape index (κ3) is 8.30. The molecule has 4 heteroatoms. The summed E-state index contributed by atoms with van der Waals surface area (Å²) >= 11 is 0. The second kappa shape index (κ2) is 9.48. The van der Waals surface area contributed by atoms with Gasteiger partial charge in [0.25, 0.3) is 0 Å². The van der Waals surface area contributed by atoms with Crippen LogP contribution in [0.1, 0.15) is 62.8 Å². The lowest BCUT2D eigenvalue weighted by molar-refractivity contribution is -0.137. The predicted octanol–water partition coefficient (Wildman–Crippen LogP) is 3.53. The quantitative estimate of drug-likeness (QED) is 0.657. The Hall–Kier alpha value is -1.45. The minimum Gasteiger partial charge on any atom is -0.481 e. The molecule has 0 amide bonds. The molecule has 1 heterocycles. The Kier molecular flexibility index (Phi) is 7.78. The Morgan fingerprint density at radius 1 is 1.00 bits per heavy atom. The molecule has 4 nitrogen and oxygen atoms in total. The number of aryl methyl sites for hydroxylation is 2. The van der Waals surface area contributed by atoms with Crippen LogP contribution < -0.4 is 0 Å². The summed E-state index contributed by atoms with van der Waals surface area (Å²) in [6.45, 7) is 1.95. The molecular weight excluding hydrogens is 240 g/mol. The first-order valence-corrected chi connectivity index (χ1v) is 7.18. The van der Waals surface area contributed by atoms with Crippen LogP contribution in [0.3, 0.4) is 0 Å². The van der Waals surface area contributed by atoms with Crippen LogP contribution in [-0.4, -0.2) is 21.0 Å². The van der Waals surface area contributed by atoms with Gasteiger partial charge in [-0.3, -0.25) is 14.8 Å². The van der Waals surface area contributed by atoms with E-state index in [2.05, 4.69) is 9.97 Å². The minimum atomic E-state index is -0.681. The van der Waals surface area contributed by atoms with E-state index in [-0.39, 0.29) is 0 Å². The molecule has 0 saturated heterocycles. The Bertz CT molecular complexity index is 363. The zero-order valence-electron chi connectivity index (χ0n) is 11.8. The smallest absolute Gasteiger partial charge is 0.303 e. The highest BCUT2D eigenvalue weighted by Gasteiger charge is 1.98. The van der Waals surface area contributed by atoms with Crippen molar-refractivity contribution in [3.63, 3.8) is 0 Å². The molecule has 1 aromatic heterocycles. The molecule has 0 aliphatic rings. The molecule has 0 aliphatic carbocycles. The van der Waals surface area contributed by atoms with Crippen molar-refractivity contribution in [2.45, 2.75) is 64.7 Å². The van der Waals surface area contributed by atoms with Crippen LogP contribution >= 0.6 is 0 Å². The van der Waals surface area contributed by atoms with Crippen LogP contribution in [0.5, 0.6) is 0 Å². The SMILES string of the molecule is Cc1cnc(CCCCCCCCCC(=O)O)cn1. The van der Waals surface area contributed by atoms with Gasteiger partial charge < -0.3 is 5.11 Å². The Morgan fingerprint density at radius 3 is 2.21 bits per heavy atom. The van der Waals surface area contributed by atoms with Crippen molar-refractivity contribution in [1.29, 1.82) is 0 Å². The van der Waals surface area contributed by atoms with E-state index < -0.39 is 5.97 Å². The molecule has 0 unspecified atom stereocenters. The maximum absolute atomic E-state index is 10.3. The van der Waals surface area contributed by atoms with E-state index in [4.69, 9.17) is 5.11 Å². The average molecular weight is 264 g/mol. The second-order valence-electron chi connectivity index (χ2n) is 5.02. The zero-order valence-corrected chi connectivity index (χ0v) is 11.8. The summed E-state index contributed by atoms with van der Waals surface area (Å²) in [5.41, 5.74) is 2.04. The van der Waals surface area contributed by atoms with Gasteiger partial charge in [0.15, 0.2) is 0 Å². The van der Waals surface area contributed by atoms with Crippen molar-refractivity contribution in [3.8, 4) is 0 Å². The lowest BCUT2D eigenvalue weighted by Crippen LogP contribution is -1.94. The summed E-state index contributed by atoms with van der Waals surface area (Å²) in [4.78, 5) is 18.9. The number of rotatable bonds is 10. The lowest BCUT2D eigenvalue weighted by Gasteiger charge is -2.02. The Labute approximate surface area is 115 Å². The van der Waals surface area contributed by atoms with E-state index in [0.717, 1.165) is 43.5 Å². The average Bonchev–Trinajstić information content (AvgIpc) is 2.38. The van der Waals surface area contributed by atoms with Crippen molar-refractivity contribution in [2.75, 3.05) is 0 Å². The molecule has 0 saturated carbocycles. The van der Waals surface area contributed by atoms with Gasteiger partial charge in [-0.1, -0.05) is 32.1 Å². The number of aliphatic carboxylic acids is 1. The normalized spacial score (nSPS) is 10.6. The van der Waals surface area contributed by atoms with Gasteiger partial charge in [0, 0.05) is 18.8 Å². The van der Waals surface area contributed by atoms with Crippen LogP contribution in [0.4, 0.5) is 0 Å². The number of hydrogen-bond acceptors (Lipinski definition) is 3. The highest BCUT2D eigenvalue weighted by atomic mass is 16.4. The zero-order chi connectivity index (χ0) is 13.9. The fourth-order valence-electron chi connectivity index (χ4n) is 2.01. The number of carboxylic acid groups (broad SMARTS) is 1. The van der Waals surface area contributed by atoms with E-state index in [1.54, 1.807) is 0 Å². The fourth-order valence-corrected chi connectivity index (χ4v) is 2.01. The first-order valence-electron chi connectivity index (χ1n) is 7.18. The molecule has 0 fully saturated rings. The van der Waals surface area contributed by atoms with Crippen LogP contribution in [-0.2, 0) is 11.2 Å². The van der Waals surface area contributed by atoms with Crippen molar-refractivity contribution in [3.05, 3.63) is 23.8 Å². The lowest BCUT2D eigenvalue weighted by atomic mass is 10.1. The van der Waals surface area contributed by atoms with Crippen LogP contribution in [0, 0.1) is 6.92 Å². The molecule has 1 N–H and O–H groups in total. The third-order valence-corrected chi connectivity index (χ3v) is 3.16. The molecule has 106 valence electrons. The highest BCUT2D eigenvalue weighted by molar-refractivity contribution is 5.66. The summed E-state index contributed by atoms with van der Waals surface area (Å²) in [5.74, 6) is -0.681. The number of carboxylic acids is 1. The maximum atomic E-state index is 10.3. The molecule has 0 aliphatic heterocycles.